The molecule has 0 saturated heterocycles. The summed E-state index contributed by atoms with van der Waals surface area (Å²) in [5.74, 6) is -2.77. The normalized spacial score (nSPS) is 11.9. The van der Waals surface area contributed by atoms with E-state index in [0.29, 0.717) is 0 Å². The zero-order valence-corrected chi connectivity index (χ0v) is 14.9. The van der Waals surface area contributed by atoms with E-state index in [1.807, 2.05) is 0 Å². The standard InChI is InChI=1S/C20H19F3O4/c1-12-7-8-18(27-20(22)23)14(9-12)11-26-19(25)13(2)10-17(24)15-5-3-4-6-16(15)21/h3-9,13,20H,10-11H2,1-2H3. The lowest BCUT2D eigenvalue weighted by molar-refractivity contribution is -0.149. The molecular formula is C20H19F3O4. The van der Waals surface area contributed by atoms with Crippen molar-refractivity contribution in [3.05, 3.63) is 65.0 Å². The van der Waals surface area contributed by atoms with Gasteiger partial charge in [0.25, 0.3) is 0 Å². The van der Waals surface area contributed by atoms with E-state index in [0.717, 1.165) is 5.56 Å². The maximum absolute atomic E-state index is 13.6. The number of rotatable bonds is 8. The van der Waals surface area contributed by atoms with E-state index in [1.165, 1.54) is 37.3 Å². The number of aryl methyl sites for hydroxylation is 1. The van der Waals surface area contributed by atoms with Crippen molar-refractivity contribution in [1.82, 2.24) is 0 Å². The van der Waals surface area contributed by atoms with Crippen molar-refractivity contribution in [2.45, 2.75) is 33.5 Å². The average Bonchev–Trinajstić information content (AvgIpc) is 2.61. The highest BCUT2D eigenvalue weighted by Crippen LogP contribution is 2.23. The lowest BCUT2D eigenvalue weighted by Gasteiger charge is -2.14. The lowest BCUT2D eigenvalue weighted by atomic mass is 9.99. The lowest BCUT2D eigenvalue weighted by Crippen LogP contribution is -2.19. The minimum absolute atomic E-state index is 0.0847. The summed E-state index contributed by atoms with van der Waals surface area (Å²) in [5.41, 5.74) is 0.977. The first-order valence-electron chi connectivity index (χ1n) is 8.26. The first-order chi connectivity index (χ1) is 12.8. The summed E-state index contributed by atoms with van der Waals surface area (Å²) in [6, 6.07) is 10.0. The van der Waals surface area contributed by atoms with Gasteiger partial charge in [0.05, 0.1) is 11.5 Å². The highest BCUT2D eigenvalue weighted by atomic mass is 19.3. The maximum atomic E-state index is 13.6. The van der Waals surface area contributed by atoms with Crippen LogP contribution in [0.5, 0.6) is 5.75 Å². The molecule has 0 heterocycles. The fraction of sp³-hybridized carbons (Fsp3) is 0.300. The number of benzene rings is 2. The van der Waals surface area contributed by atoms with Gasteiger partial charge in [-0.15, -0.1) is 0 Å². The second kappa shape index (κ2) is 9.21. The van der Waals surface area contributed by atoms with Gasteiger partial charge >= 0.3 is 12.6 Å². The molecule has 2 aromatic carbocycles. The molecule has 4 nitrogen and oxygen atoms in total. The van der Waals surface area contributed by atoms with Gasteiger partial charge in [0.15, 0.2) is 5.78 Å². The molecule has 2 aromatic rings. The quantitative estimate of drug-likeness (QED) is 0.493. The average molecular weight is 380 g/mol. The summed E-state index contributed by atoms with van der Waals surface area (Å²) in [4.78, 5) is 24.3. The summed E-state index contributed by atoms with van der Waals surface area (Å²) in [7, 11) is 0. The molecular weight excluding hydrogens is 361 g/mol. The first-order valence-corrected chi connectivity index (χ1v) is 8.26. The minimum atomic E-state index is -3.00. The minimum Gasteiger partial charge on any atom is -0.460 e. The Morgan fingerprint density at radius 3 is 2.48 bits per heavy atom. The second-order valence-corrected chi connectivity index (χ2v) is 6.11. The third kappa shape index (κ3) is 5.84. The molecule has 0 aliphatic heterocycles. The molecule has 1 atom stereocenters. The van der Waals surface area contributed by atoms with Crippen LogP contribution >= 0.6 is 0 Å². The van der Waals surface area contributed by atoms with Gasteiger partial charge in [-0.3, -0.25) is 9.59 Å². The van der Waals surface area contributed by atoms with Gasteiger partial charge in [-0.2, -0.15) is 8.78 Å². The van der Waals surface area contributed by atoms with E-state index in [1.54, 1.807) is 19.1 Å². The second-order valence-electron chi connectivity index (χ2n) is 6.11. The van der Waals surface area contributed by atoms with Crippen molar-refractivity contribution in [2.24, 2.45) is 5.92 Å². The van der Waals surface area contributed by atoms with Gasteiger partial charge in [0, 0.05) is 12.0 Å². The smallest absolute Gasteiger partial charge is 0.387 e. The third-order valence-electron chi connectivity index (χ3n) is 3.87. The molecule has 0 fully saturated rings. The Labute approximate surface area is 154 Å². The molecule has 0 saturated carbocycles. The van der Waals surface area contributed by atoms with E-state index < -0.39 is 30.1 Å². The highest BCUT2D eigenvalue weighted by Gasteiger charge is 2.22. The molecule has 27 heavy (non-hydrogen) atoms. The van der Waals surface area contributed by atoms with E-state index in [4.69, 9.17) is 4.74 Å². The summed E-state index contributed by atoms with van der Waals surface area (Å²) in [6.07, 6.45) is -0.228. The van der Waals surface area contributed by atoms with Crippen LogP contribution in [0.15, 0.2) is 42.5 Å². The fourth-order valence-corrected chi connectivity index (χ4v) is 2.48. The number of halogens is 3. The van der Waals surface area contributed by atoms with E-state index in [2.05, 4.69) is 4.74 Å². The van der Waals surface area contributed by atoms with Gasteiger partial charge in [-0.1, -0.05) is 30.7 Å². The van der Waals surface area contributed by atoms with Crippen LogP contribution in [0.2, 0.25) is 0 Å². The number of ketones is 1. The Kier molecular flexibility index (Phi) is 6.98. The number of hydrogen-bond donors (Lipinski definition) is 0. The number of alkyl halides is 2. The van der Waals surface area contributed by atoms with E-state index in [-0.39, 0.29) is 29.9 Å². The van der Waals surface area contributed by atoms with Crippen LogP contribution in [-0.4, -0.2) is 18.4 Å². The molecule has 0 bridgehead atoms. The molecule has 144 valence electrons. The largest absolute Gasteiger partial charge is 0.460 e. The molecule has 1 unspecified atom stereocenters. The zero-order valence-electron chi connectivity index (χ0n) is 14.9. The molecule has 0 aromatic heterocycles. The number of carbonyl (C=O) groups is 2. The van der Waals surface area contributed by atoms with Gasteiger partial charge < -0.3 is 9.47 Å². The summed E-state index contributed by atoms with van der Waals surface area (Å²) in [6.45, 7) is -0.0403. The van der Waals surface area contributed by atoms with Crippen molar-refractivity contribution in [3.63, 3.8) is 0 Å². The molecule has 2 rings (SSSR count). The van der Waals surface area contributed by atoms with Crippen molar-refractivity contribution >= 4 is 11.8 Å². The molecule has 0 amide bonds. The number of carbonyl (C=O) groups excluding carboxylic acids is 2. The summed E-state index contributed by atoms with van der Waals surface area (Å²) < 4.78 is 48.1. The number of Topliss-reactive ketones (excluding diaryl/α,β-unsaturated/α-hetero) is 1. The summed E-state index contributed by atoms with van der Waals surface area (Å²) in [5, 5.41) is 0. The van der Waals surface area contributed by atoms with Crippen molar-refractivity contribution in [3.8, 4) is 5.75 Å². The van der Waals surface area contributed by atoms with Crippen LogP contribution in [0.1, 0.15) is 34.8 Å². The Balaban J connectivity index is 1.98. The van der Waals surface area contributed by atoms with Gasteiger partial charge in [0.2, 0.25) is 0 Å². The fourth-order valence-electron chi connectivity index (χ4n) is 2.48. The Morgan fingerprint density at radius 2 is 1.81 bits per heavy atom. The topological polar surface area (TPSA) is 52.6 Å². The molecule has 0 radical (unpaired) electrons. The molecule has 0 N–H and O–H groups in total. The van der Waals surface area contributed by atoms with Crippen molar-refractivity contribution < 1.29 is 32.2 Å². The number of esters is 1. The monoisotopic (exact) mass is 380 g/mol. The zero-order chi connectivity index (χ0) is 20.0. The predicted molar refractivity (Wildman–Crippen MR) is 92.1 cm³/mol. The molecule has 0 aliphatic rings. The van der Waals surface area contributed by atoms with Crippen LogP contribution in [0.4, 0.5) is 13.2 Å². The van der Waals surface area contributed by atoms with Crippen LogP contribution in [0.25, 0.3) is 0 Å². The Morgan fingerprint density at radius 1 is 1.11 bits per heavy atom. The van der Waals surface area contributed by atoms with Crippen molar-refractivity contribution in [1.29, 1.82) is 0 Å². The van der Waals surface area contributed by atoms with Crippen LogP contribution in [-0.2, 0) is 16.1 Å². The first kappa shape index (κ1) is 20.5. The highest BCUT2D eigenvalue weighted by molar-refractivity contribution is 5.98. The van der Waals surface area contributed by atoms with Gasteiger partial charge in [-0.25, -0.2) is 4.39 Å². The van der Waals surface area contributed by atoms with Gasteiger partial charge in [-0.05, 0) is 31.2 Å². The number of ether oxygens (including phenoxy) is 2. The SMILES string of the molecule is Cc1ccc(OC(F)F)c(COC(=O)C(C)CC(=O)c2ccccc2F)c1. The van der Waals surface area contributed by atoms with Crippen LogP contribution < -0.4 is 4.74 Å². The van der Waals surface area contributed by atoms with Crippen molar-refractivity contribution in [2.75, 3.05) is 0 Å². The predicted octanol–water partition coefficient (Wildman–Crippen LogP) is 4.69. The van der Waals surface area contributed by atoms with E-state index in [9.17, 15) is 22.8 Å². The Hall–Kier alpha value is -2.83. The van der Waals surface area contributed by atoms with Crippen LogP contribution in [0.3, 0.4) is 0 Å². The maximum Gasteiger partial charge on any atom is 0.387 e. The van der Waals surface area contributed by atoms with Gasteiger partial charge in [0.1, 0.15) is 18.2 Å². The Bertz CT molecular complexity index is 821. The molecule has 0 spiro atoms. The van der Waals surface area contributed by atoms with E-state index >= 15 is 0 Å². The van der Waals surface area contributed by atoms with Crippen LogP contribution in [0, 0.1) is 18.7 Å². The summed E-state index contributed by atoms with van der Waals surface area (Å²) >= 11 is 0. The molecule has 0 aliphatic carbocycles. The molecule has 7 heteroatoms. The number of hydrogen-bond acceptors (Lipinski definition) is 4. The third-order valence-corrected chi connectivity index (χ3v) is 3.87.